The maximum Gasteiger partial charge on any atom is 0.336 e. The highest BCUT2D eigenvalue weighted by Crippen LogP contribution is 2.39. The molecule has 0 saturated heterocycles. The molecule has 1 heterocycles. The molecule has 1 aliphatic rings. The van der Waals surface area contributed by atoms with Gasteiger partial charge in [0.1, 0.15) is 5.82 Å². The molecular formula is C25H26FNO4. The van der Waals surface area contributed by atoms with Gasteiger partial charge in [0.25, 0.3) is 0 Å². The average Bonchev–Trinajstić information content (AvgIpc) is 2.73. The van der Waals surface area contributed by atoms with Crippen molar-refractivity contribution in [1.82, 2.24) is 0 Å². The van der Waals surface area contributed by atoms with Crippen LogP contribution in [-0.2, 0) is 19.1 Å². The predicted octanol–water partition coefficient (Wildman–Crippen LogP) is 4.94. The average molecular weight is 423 g/mol. The first-order valence-electron chi connectivity index (χ1n) is 10.2. The molecule has 0 unspecified atom stereocenters. The zero-order valence-corrected chi connectivity index (χ0v) is 18.1. The maximum atomic E-state index is 14.8. The van der Waals surface area contributed by atoms with Crippen LogP contribution < -0.4 is 4.90 Å². The van der Waals surface area contributed by atoms with Crippen LogP contribution in [-0.4, -0.2) is 25.2 Å². The van der Waals surface area contributed by atoms with E-state index in [2.05, 4.69) is 0 Å². The number of anilines is 1. The van der Waals surface area contributed by atoms with Crippen LogP contribution >= 0.6 is 0 Å². The number of carbonyl (C=O) groups excluding carboxylic acids is 2. The summed E-state index contributed by atoms with van der Waals surface area (Å²) < 4.78 is 25.3. The first kappa shape index (κ1) is 22.3. The molecule has 0 amide bonds. The van der Waals surface area contributed by atoms with Gasteiger partial charge in [-0.05, 0) is 57.0 Å². The molecule has 0 radical (unpaired) electrons. The third-order valence-electron chi connectivity index (χ3n) is 4.92. The minimum absolute atomic E-state index is 0.155. The molecule has 162 valence electrons. The standard InChI is InChI=1S/C25H26FNO4/c1-5-30-24(28)20-14-27(18-12-16(3)11-17(4)13-18)15-21(25(29)31-6-2)23(20)19-9-7-8-10-22(19)26/h7-15,23H,5-6H2,1-4H3. The Hall–Kier alpha value is -3.41. The van der Waals surface area contributed by atoms with E-state index < -0.39 is 23.7 Å². The second kappa shape index (κ2) is 9.60. The van der Waals surface area contributed by atoms with E-state index >= 15 is 0 Å². The van der Waals surface area contributed by atoms with E-state index in [4.69, 9.17) is 9.47 Å². The van der Waals surface area contributed by atoms with E-state index in [9.17, 15) is 14.0 Å². The third-order valence-corrected chi connectivity index (χ3v) is 4.92. The molecule has 1 aliphatic heterocycles. The molecule has 31 heavy (non-hydrogen) atoms. The molecule has 5 nitrogen and oxygen atoms in total. The normalized spacial score (nSPS) is 14.0. The van der Waals surface area contributed by atoms with Gasteiger partial charge in [-0.15, -0.1) is 0 Å². The fraction of sp³-hybridized carbons (Fsp3) is 0.280. The van der Waals surface area contributed by atoms with Crippen LogP contribution in [0.1, 0.15) is 36.5 Å². The summed E-state index contributed by atoms with van der Waals surface area (Å²) in [4.78, 5) is 27.5. The van der Waals surface area contributed by atoms with Gasteiger partial charge < -0.3 is 14.4 Å². The fourth-order valence-electron chi connectivity index (χ4n) is 3.72. The maximum absolute atomic E-state index is 14.8. The summed E-state index contributed by atoms with van der Waals surface area (Å²) in [5, 5.41) is 0. The second-order valence-electron chi connectivity index (χ2n) is 7.32. The lowest BCUT2D eigenvalue weighted by Gasteiger charge is -2.30. The molecule has 0 spiro atoms. The summed E-state index contributed by atoms with van der Waals surface area (Å²) in [6.07, 6.45) is 3.21. The van der Waals surface area contributed by atoms with E-state index in [0.717, 1.165) is 16.8 Å². The molecule has 2 aromatic carbocycles. The van der Waals surface area contributed by atoms with Gasteiger partial charge in [-0.25, -0.2) is 14.0 Å². The Morgan fingerprint density at radius 1 is 0.903 bits per heavy atom. The van der Waals surface area contributed by atoms with Crippen molar-refractivity contribution >= 4 is 17.6 Å². The Kier molecular flexibility index (Phi) is 6.90. The van der Waals surface area contributed by atoms with E-state index in [1.807, 2.05) is 32.0 Å². The molecule has 0 bridgehead atoms. The minimum atomic E-state index is -0.943. The number of carbonyl (C=O) groups is 2. The minimum Gasteiger partial charge on any atom is -0.463 e. The zero-order valence-electron chi connectivity index (χ0n) is 18.1. The number of ether oxygens (including phenoxy) is 2. The van der Waals surface area contributed by atoms with Gasteiger partial charge in [0, 0.05) is 23.7 Å². The van der Waals surface area contributed by atoms with Crippen molar-refractivity contribution in [3.05, 3.63) is 88.5 Å². The van der Waals surface area contributed by atoms with Crippen LogP contribution in [0.5, 0.6) is 0 Å². The third kappa shape index (κ3) is 4.85. The van der Waals surface area contributed by atoms with Gasteiger partial charge >= 0.3 is 11.9 Å². The highest BCUT2D eigenvalue weighted by atomic mass is 19.1. The van der Waals surface area contributed by atoms with Crippen molar-refractivity contribution in [1.29, 1.82) is 0 Å². The summed E-state index contributed by atoms with van der Waals surface area (Å²) in [5.41, 5.74) is 3.37. The first-order valence-corrected chi connectivity index (χ1v) is 10.2. The monoisotopic (exact) mass is 423 g/mol. The summed E-state index contributed by atoms with van der Waals surface area (Å²) in [7, 11) is 0. The Balaban J connectivity index is 2.22. The largest absolute Gasteiger partial charge is 0.463 e. The molecule has 6 heteroatoms. The van der Waals surface area contributed by atoms with Crippen molar-refractivity contribution in [2.75, 3.05) is 18.1 Å². The van der Waals surface area contributed by atoms with Gasteiger partial charge in [-0.2, -0.15) is 0 Å². The Labute approximate surface area is 181 Å². The number of benzene rings is 2. The van der Waals surface area contributed by atoms with Crippen molar-refractivity contribution in [3.8, 4) is 0 Å². The van der Waals surface area contributed by atoms with E-state index in [0.29, 0.717) is 0 Å². The van der Waals surface area contributed by atoms with Crippen LogP contribution in [0.3, 0.4) is 0 Å². The molecule has 3 rings (SSSR count). The Morgan fingerprint density at radius 2 is 1.42 bits per heavy atom. The number of hydrogen-bond acceptors (Lipinski definition) is 5. The summed E-state index contributed by atoms with van der Waals surface area (Å²) in [5.74, 6) is -2.68. The smallest absolute Gasteiger partial charge is 0.336 e. The van der Waals surface area contributed by atoms with Gasteiger partial charge in [0.05, 0.1) is 30.3 Å². The van der Waals surface area contributed by atoms with E-state index in [1.54, 1.807) is 49.3 Å². The van der Waals surface area contributed by atoms with Crippen LogP contribution in [0.2, 0.25) is 0 Å². The highest BCUT2D eigenvalue weighted by molar-refractivity contribution is 6.00. The highest BCUT2D eigenvalue weighted by Gasteiger charge is 2.37. The fourth-order valence-corrected chi connectivity index (χ4v) is 3.72. The summed E-state index contributed by atoms with van der Waals surface area (Å²) in [6, 6.07) is 12.0. The number of halogens is 1. The van der Waals surface area contributed by atoms with Gasteiger partial charge in [0.2, 0.25) is 0 Å². The lowest BCUT2D eigenvalue weighted by Crippen LogP contribution is -2.29. The Morgan fingerprint density at radius 3 is 1.90 bits per heavy atom. The molecule has 2 aromatic rings. The van der Waals surface area contributed by atoms with E-state index in [-0.39, 0.29) is 29.9 Å². The van der Waals surface area contributed by atoms with Crippen molar-refractivity contribution < 1.29 is 23.5 Å². The number of esters is 2. The lowest BCUT2D eigenvalue weighted by molar-refractivity contribution is -0.139. The van der Waals surface area contributed by atoms with Crippen LogP contribution in [0.4, 0.5) is 10.1 Å². The molecule has 0 atom stereocenters. The quantitative estimate of drug-likeness (QED) is 0.616. The van der Waals surface area contributed by atoms with Crippen LogP contribution in [0.25, 0.3) is 0 Å². The molecule has 0 saturated carbocycles. The van der Waals surface area contributed by atoms with E-state index in [1.165, 1.54) is 6.07 Å². The number of rotatable bonds is 6. The molecule has 0 aromatic heterocycles. The molecule has 0 aliphatic carbocycles. The second-order valence-corrected chi connectivity index (χ2v) is 7.32. The predicted molar refractivity (Wildman–Crippen MR) is 117 cm³/mol. The lowest BCUT2D eigenvalue weighted by atomic mass is 9.83. The van der Waals surface area contributed by atoms with Gasteiger partial charge in [-0.3, -0.25) is 0 Å². The topological polar surface area (TPSA) is 55.8 Å². The van der Waals surface area contributed by atoms with Crippen LogP contribution in [0.15, 0.2) is 66.0 Å². The van der Waals surface area contributed by atoms with Gasteiger partial charge in [0.15, 0.2) is 0 Å². The van der Waals surface area contributed by atoms with Gasteiger partial charge in [-0.1, -0.05) is 24.3 Å². The SMILES string of the molecule is CCOC(=O)C1=CN(c2cc(C)cc(C)c2)C=C(C(=O)OCC)C1c1ccccc1F. The van der Waals surface area contributed by atoms with Crippen molar-refractivity contribution in [3.63, 3.8) is 0 Å². The molecule has 0 fully saturated rings. The van der Waals surface area contributed by atoms with Crippen LogP contribution in [0, 0.1) is 19.7 Å². The summed E-state index contributed by atoms with van der Waals surface area (Å²) >= 11 is 0. The zero-order chi connectivity index (χ0) is 22.5. The summed E-state index contributed by atoms with van der Waals surface area (Å²) in [6.45, 7) is 7.64. The van der Waals surface area contributed by atoms with Crippen molar-refractivity contribution in [2.45, 2.75) is 33.6 Å². The first-order chi connectivity index (χ1) is 14.8. The van der Waals surface area contributed by atoms with Crippen molar-refractivity contribution in [2.24, 2.45) is 0 Å². The number of nitrogens with zero attached hydrogens (tertiary/aromatic N) is 1. The number of aryl methyl sites for hydroxylation is 2. The molecule has 0 N–H and O–H groups in total. The Bertz CT molecular complexity index is 1000. The molecular weight excluding hydrogens is 397 g/mol. The number of hydrogen-bond donors (Lipinski definition) is 0.